The van der Waals surface area contributed by atoms with Crippen molar-refractivity contribution < 1.29 is 4.79 Å². The summed E-state index contributed by atoms with van der Waals surface area (Å²) in [7, 11) is 0. The second-order valence-electron chi connectivity index (χ2n) is 3.62. The number of nitrogens with two attached hydrogens (primary N) is 1. The third-order valence-corrected chi connectivity index (χ3v) is 2.60. The molecule has 0 aromatic heterocycles. The number of hydrogen-bond donors (Lipinski definition) is 1. The van der Waals surface area contributed by atoms with Crippen LogP contribution >= 0.6 is 12.4 Å². The Morgan fingerprint density at radius 2 is 1.85 bits per heavy atom. The van der Waals surface area contributed by atoms with Crippen molar-refractivity contribution in [1.29, 1.82) is 0 Å². The molecule has 1 aliphatic rings. The van der Waals surface area contributed by atoms with Crippen LogP contribution in [0.25, 0.3) is 0 Å². The summed E-state index contributed by atoms with van der Waals surface area (Å²) < 4.78 is 0. The number of hydrogen-bond acceptors (Lipinski definition) is 2. The minimum atomic E-state index is 0. The number of amides is 1. The van der Waals surface area contributed by atoms with Gasteiger partial charge in [0, 0.05) is 25.0 Å². The van der Waals surface area contributed by atoms with Gasteiger partial charge in [-0.15, -0.1) is 12.4 Å². The van der Waals surface area contributed by atoms with Crippen LogP contribution in [0.2, 0.25) is 0 Å². The molecular weight excluding hydrogens is 188 g/mol. The highest BCUT2D eigenvalue weighted by Crippen LogP contribution is 2.23. The summed E-state index contributed by atoms with van der Waals surface area (Å²) in [5, 5.41) is 0. The van der Waals surface area contributed by atoms with Gasteiger partial charge in [0.2, 0.25) is 5.91 Å². The van der Waals surface area contributed by atoms with Gasteiger partial charge in [0.1, 0.15) is 0 Å². The van der Waals surface area contributed by atoms with Crippen LogP contribution in [0.5, 0.6) is 0 Å². The average Bonchev–Trinajstić information content (AvgIpc) is 2.32. The summed E-state index contributed by atoms with van der Waals surface area (Å²) in [6.07, 6.45) is 2.77. The van der Waals surface area contributed by atoms with E-state index in [4.69, 9.17) is 5.73 Å². The van der Waals surface area contributed by atoms with E-state index < -0.39 is 0 Å². The zero-order valence-electron chi connectivity index (χ0n) is 8.32. The molecule has 3 nitrogen and oxygen atoms in total. The summed E-state index contributed by atoms with van der Waals surface area (Å²) in [5.41, 5.74) is 5.34. The highest BCUT2D eigenvalue weighted by molar-refractivity contribution is 5.85. The van der Waals surface area contributed by atoms with E-state index in [1.165, 1.54) is 0 Å². The van der Waals surface area contributed by atoms with Crippen molar-refractivity contribution in [3.63, 3.8) is 0 Å². The molecule has 13 heavy (non-hydrogen) atoms. The van der Waals surface area contributed by atoms with Crippen molar-refractivity contribution in [1.82, 2.24) is 4.90 Å². The molecule has 1 heterocycles. The number of likely N-dealkylation sites (tertiary alicyclic amines) is 1. The minimum absolute atomic E-state index is 0. The van der Waals surface area contributed by atoms with Crippen LogP contribution in [-0.2, 0) is 4.79 Å². The molecule has 0 saturated carbocycles. The predicted molar refractivity (Wildman–Crippen MR) is 55.9 cm³/mol. The summed E-state index contributed by atoms with van der Waals surface area (Å²) in [6, 6.07) is 0.832. The predicted octanol–water partition coefficient (Wildman–Crippen LogP) is 1.16. The Morgan fingerprint density at radius 1 is 1.38 bits per heavy atom. The van der Waals surface area contributed by atoms with Crippen molar-refractivity contribution in [2.75, 3.05) is 6.54 Å². The molecule has 1 aliphatic heterocycles. The number of rotatable bonds is 2. The van der Waals surface area contributed by atoms with E-state index in [-0.39, 0.29) is 18.3 Å². The first-order chi connectivity index (χ1) is 5.66. The SMILES string of the molecule is CC1CCC(C)N1C(=O)CCN.Cl. The van der Waals surface area contributed by atoms with Gasteiger partial charge in [0.25, 0.3) is 0 Å². The maximum Gasteiger partial charge on any atom is 0.224 e. The Bertz CT molecular complexity index is 165. The maximum atomic E-state index is 11.5. The first-order valence-corrected chi connectivity index (χ1v) is 4.68. The summed E-state index contributed by atoms with van der Waals surface area (Å²) in [4.78, 5) is 13.5. The first kappa shape index (κ1) is 12.7. The molecule has 1 fully saturated rings. The largest absolute Gasteiger partial charge is 0.337 e. The fourth-order valence-electron chi connectivity index (χ4n) is 1.94. The molecule has 78 valence electrons. The highest BCUT2D eigenvalue weighted by Gasteiger charge is 2.30. The van der Waals surface area contributed by atoms with E-state index in [1.54, 1.807) is 0 Å². The van der Waals surface area contributed by atoms with Gasteiger partial charge < -0.3 is 10.6 Å². The van der Waals surface area contributed by atoms with Gasteiger partial charge in [0.05, 0.1) is 0 Å². The molecule has 1 rings (SSSR count). The van der Waals surface area contributed by atoms with Crippen LogP contribution in [0.3, 0.4) is 0 Å². The Morgan fingerprint density at radius 3 is 2.23 bits per heavy atom. The van der Waals surface area contributed by atoms with E-state index in [0.717, 1.165) is 12.8 Å². The summed E-state index contributed by atoms with van der Waals surface area (Å²) in [5.74, 6) is 0.218. The second kappa shape index (κ2) is 5.45. The van der Waals surface area contributed by atoms with Gasteiger partial charge >= 0.3 is 0 Å². The van der Waals surface area contributed by atoms with Crippen LogP contribution in [0.15, 0.2) is 0 Å². The molecule has 4 heteroatoms. The maximum absolute atomic E-state index is 11.5. The van der Waals surface area contributed by atoms with Crippen LogP contribution < -0.4 is 5.73 Å². The molecule has 0 radical (unpaired) electrons. The van der Waals surface area contributed by atoms with Crippen molar-refractivity contribution in [2.45, 2.75) is 45.2 Å². The molecule has 0 aliphatic carbocycles. The Labute approximate surface area is 86.1 Å². The van der Waals surface area contributed by atoms with Gasteiger partial charge in [-0.3, -0.25) is 4.79 Å². The van der Waals surface area contributed by atoms with E-state index >= 15 is 0 Å². The molecule has 1 saturated heterocycles. The monoisotopic (exact) mass is 206 g/mol. The van der Waals surface area contributed by atoms with Crippen LogP contribution in [-0.4, -0.2) is 29.4 Å². The zero-order valence-corrected chi connectivity index (χ0v) is 9.14. The van der Waals surface area contributed by atoms with Gasteiger partial charge in [-0.1, -0.05) is 0 Å². The average molecular weight is 207 g/mol. The van der Waals surface area contributed by atoms with Crippen LogP contribution in [0, 0.1) is 0 Å². The number of nitrogens with zero attached hydrogens (tertiary/aromatic N) is 1. The second-order valence-corrected chi connectivity index (χ2v) is 3.62. The lowest BCUT2D eigenvalue weighted by atomic mass is 10.2. The highest BCUT2D eigenvalue weighted by atomic mass is 35.5. The summed E-state index contributed by atoms with van der Waals surface area (Å²) >= 11 is 0. The number of carbonyl (C=O) groups excluding carboxylic acids is 1. The molecular formula is C9H19ClN2O. The Hall–Kier alpha value is -0.280. The zero-order chi connectivity index (χ0) is 9.14. The van der Waals surface area contributed by atoms with Crippen molar-refractivity contribution >= 4 is 18.3 Å². The standard InChI is InChI=1S/C9H18N2O.ClH/c1-7-3-4-8(2)11(7)9(12)5-6-10;/h7-8H,3-6,10H2,1-2H3;1H. The number of carbonyl (C=O) groups is 1. The Balaban J connectivity index is 0.00000144. The molecule has 2 unspecified atom stereocenters. The van der Waals surface area contributed by atoms with Gasteiger partial charge in [0.15, 0.2) is 0 Å². The third kappa shape index (κ3) is 2.85. The molecule has 1 amide bonds. The molecule has 2 atom stereocenters. The van der Waals surface area contributed by atoms with E-state index in [0.29, 0.717) is 25.0 Å². The third-order valence-electron chi connectivity index (χ3n) is 2.60. The topological polar surface area (TPSA) is 46.3 Å². The van der Waals surface area contributed by atoms with Crippen LogP contribution in [0.1, 0.15) is 33.1 Å². The quantitative estimate of drug-likeness (QED) is 0.737. The normalized spacial score (nSPS) is 27.2. The lowest BCUT2D eigenvalue weighted by molar-refractivity contribution is -0.133. The molecule has 2 N–H and O–H groups in total. The van der Waals surface area contributed by atoms with Crippen molar-refractivity contribution in [3.8, 4) is 0 Å². The lowest BCUT2D eigenvalue weighted by Gasteiger charge is -2.26. The van der Waals surface area contributed by atoms with Crippen molar-refractivity contribution in [2.24, 2.45) is 5.73 Å². The van der Waals surface area contributed by atoms with E-state index in [1.807, 2.05) is 4.90 Å². The lowest BCUT2D eigenvalue weighted by Crippen LogP contribution is -2.39. The fourth-order valence-corrected chi connectivity index (χ4v) is 1.94. The molecule has 0 spiro atoms. The van der Waals surface area contributed by atoms with Gasteiger partial charge in [-0.2, -0.15) is 0 Å². The van der Waals surface area contributed by atoms with Gasteiger partial charge in [-0.05, 0) is 26.7 Å². The van der Waals surface area contributed by atoms with Crippen LogP contribution in [0.4, 0.5) is 0 Å². The number of halogens is 1. The Kier molecular flexibility index (Phi) is 5.33. The van der Waals surface area contributed by atoms with Crippen molar-refractivity contribution in [3.05, 3.63) is 0 Å². The van der Waals surface area contributed by atoms with Gasteiger partial charge in [-0.25, -0.2) is 0 Å². The fraction of sp³-hybridized carbons (Fsp3) is 0.889. The van der Waals surface area contributed by atoms with E-state index in [2.05, 4.69) is 13.8 Å². The molecule has 0 aromatic rings. The molecule has 0 aromatic carbocycles. The van der Waals surface area contributed by atoms with E-state index in [9.17, 15) is 4.79 Å². The molecule has 0 bridgehead atoms. The summed E-state index contributed by atoms with van der Waals surface area (Å²) in [6.45, 7) is 4.69. The smallest absolute Gasteiger partial charge is 0.224 e. The minimum Gasteiger partial charge on any atom is -0.337 e. The first-order valence-electron chi connectivity index (χ1n) is 4.68.